The lowest BCUT2D eigenvalue weighted by atomic mass is 10.0. The van der Waals surface area contributed by atoms with Gasteiger partial charge in [-0.3, -0.25) is 15.0 Å². The lowest BCUT2D eigenvalue weighted by Crippen LogP contribution is -2.33. The van der Waals surface area contributed by atoms with Crippen molar-refractivity contribution < 1.29 is 9.18 Å². The normalized spacial score (nSPS) is 11.3. The predicted molar refractivity (Wildman–Crippen MR) is 127 cm³/mol. The third-order valence-electron chi connectivity index (χ3n) is 5.32. The summed E-state index contributed by atoms with van der Waals surface area (Å²) in [7, 11) is 0. The van der Waals surface area contributed by atoms with E-state index in [9.17, 15) is 14.0 Å². The fourth-order valence-corrected chi connectivity index (χ4v) is 4.18. The number of hydrogen-bond donors (Lipinski definition) is 1. The summed E-state index contributed by atoms with van der Waals surface area (Å²) < 4.78 is 16.0. The maximum Gasteiger partial charge on any atom is 0.299 e. The zero-order valence-corrected chi connectivity index (χ0v) is 19.1. The molecule has 0 spiro atoms. The molecule has 5 aromatic rings. The zero-order valence-electron chi connectivity index (χ0n) is 17.6. The average molecular weight is 497 g/mol. The molecule has 0 saturated carbocycles. The Kier molecular flexibility index (Phi) is 5.51. The monoisotopic (exact) mass is 496 g/mol. The number of fused-ring (bicyclic) bond motifs is 3. The molecule has 0 aliphatic rings. The molecule has 3 heterocycles. The highest BCUT2D eigenvalue weighted by molar-refractivity contribution is 6.37. The highest BCUT2D eigenvalue weighted by Crippen LogP contribution is 2.29. The van der Waals surface area contributed by atoms with E-state index in [1.165, 1.54) is 41.0 Å². The van der Waals surface area contributed by atoms with Crippen LogP contribution in [0.3, 0.4) is 0 Å². The highest BCUT2D eigenvalue weighted by Gasteiger charge is 2.19. The van der Waals surface area contributed by atoms with E-state index in [4.69, 9.17) is 23.2 Å². The van der Waals surface area contributed by atoms with E-state index in [1.54, 1.807) is 18.2 Å². The first-order valence-corrected chi connectivity index (χ1v) is 10.9. The van der Waals surface area contributed by atoms with Gasteiger partial charge in [0, 0.05) is 11.2 Å². The molecular weight excluding hydrogens is 482 g/mol. The van der Waals surface area contributed by atoms with Gasteiger partial charge in [0.05, 0.1) is 21.8 Å². The molecule has 0 bridgehead atoms. The van der Waals surface area contributed by atoms with Crippen LogP contribution in [0.15, 0.2) is 59.5 Å². The van der Waals surface area contributed by atoms with Crippen molar-refractivity contribution in [2.45, 2.75) is 13.3 Å². The molecule has 34 heavy (non-hydrogen) atoms. The largest absolute Gasteiger partial charge is 0.299 e. The molecule has 0 fully saturated rings. The minimum Gasteiger partial charge on any atom is -0.267 e. The van der Waals surface area contributed by atoms with Crippen LogP contribution in [0, 0.1) is 5.82 Å². The van der Waals surface area contributed by atoms with E-state index in [0.29, 0.717) is 28.2 Å². The van der Waals surface area contributed by atoms with Gasteiger partial charge in [0.15, 0.2) is 11.2 Å². The van der Waals surface area contributed by atoms with Crippen LogP contribution in [0.2, 0.25) is 10.0 Å². The number of nitrogens with one attached hydrogen (secondary N) is 1. The maximum absolute atomic E-state index is 13.4. The minimum absolute atomic E-state index is 0.00770. The number of carbonyl (C=O) groups excluding carboxylic acids is 1. The van der Waals surface area contributed by atoms with Crippen molar-refractivity contribution in [2.75, 3.05) is 5.43 Å². The summed E-state index contributed by atoms with van der Waals surface area (Å²) in [4.78, 5) is 25.7. The van der Waals surface area contributed by atoms with Crippen LogP contribution in [0.4, 0.5) is 4.39 Å². The van der Waals surface area contributed by atoms with Crippen LogP contribution >= 0.6 is 23.2 Å². The highest BCUT2D eigenvalue weighted by atomic mass is 35.5. The van der Waals surface area contributed by atoms with E-state index in [0.717, 1.165) is 15.9 Å². The van der Waals surface area contributed by atoms with E-state index in [1.807, 2.05) is 6.92 Å². The zero-order chi connectivity index (χ0) is 24.0. The standard InChI is InChI=1S/C23H15Cl2FN6O2/c1-2-17-19(12-3-6-14(26)7-4-12)21-28-27-20-18(32(21)29-17)9-10-31(23(20)34)30-22(33)15-8-5-13(24)11-16(15)25/h3-11H,2H2,1H3,(H,30,33). The first-order chi connectivity index (χ1) is 16.4. The molecular formula is C23H15Cl2FN6O2. The molecule has 5 rings (SSSR count). The summed E-state index contributed by atoms with van der Waals surface area (Å²) in [5.41, 5.74) is 5.08. The van der Waals surface area contributed by atoms with Crippen LogP contribution in [0.1, 0.15) is 23.0 Å². The number of carbonyl (C=O) groups is 1. The van der Waals surface area contributed by atoms with Crippen molar-refractivity contribution in [1.29, 1.82) is 0 Å². The topological polar surface area (TPSA) is 94.2 Å². The molecule has 170 valence electrons. The van der Waals surface area contributed by atoms with Crippen molar-refractivity contribution in [1.82, 2.24) is 24.5 Å². The van der Waals surface area contributed by atoms with Crippen molar-refractivity contribution in [3.05, 3.63) is 92.2 Å². The van der Waals surface area contributed by atoms with Gasteiger partial charge in [-0.1, -0.05) is 42.3 Å². The van der Waals surface area contributed by atoms with Gasteiger partial charge in [-0.2, -0.15) is 5.10 Å². The predicted octanol–water partition coefficient (Wildman–Crippen LogP) is 4.50. The number of amides is 1. The van der Waals surface area contributed by atoms with Crippen molar-refractivity contribution in [2.24, 2.45) is 0 Å². The maximum atomic E-state index is 13.4. The number of hydrogen-bond acceptors (Lipinski definition) is 5. The van der Waals surface area contributed by atoms with E-state index < -0.39 is 11.5 Å². The third-order valence-corrected chi connectivity index (χ3v) is 5.87. The Balaban J connectivity index is 1.60. The lowest BCUT2D eigenvalue weighted by Gasteiger charge is -2.10. The molecule has 1 N–H and O–H groups in total. The minimum atomic E-state index is -0.595. The molecule has 0 aliphatic carbocycles. The fraction of sp³-hybridized carbons (Fsp3) is 0.0870. The summed E-state index contributed by atoms with van der Waals surface area (Å²) >= 11 is 12.0. The Morgan fingerprint density at radius 1 is 1.09 bits per heavy atom. The molecule has 0 radical (unpaired) electrons. The first kappa shape index (κ1) is 22.0. The molecule has 0 unspecified atom stereocenters. The number of aromatic nitrogens is 5. The van der Waals surface area contributed by atoms with Crippen molar-refractivity contribution in [3.63, 3.8) is 0 Å². The lowest BCUT2D eigenvalue weighted by molar-refractivity contribution is 0.101. The third kappa shape index (κ3) is 3.68. The van der Waals surface area contributed by atoms with E-state index >= 15 is 0 Å². The molecule has 0 atom stereocenters. The van der Waals surface area contributed by atoms with Gasteiger partial charge in [-0.05, 0) is 48.4 Å². The van der Waals surface area contributed by atoms with E-state index in [-0.39, 0.29) is 21.9 Å². The smallest absolute Gasteiger partial charge is 0.267 e. The summed E-state index contributed by atoms with van der Waals surface area (Å²) in [5.74, 6) is -0.944. The fourth-order valence-electron chi connectivity index (χ4n) is 3.68. The van der Waals surface area contributed by atoms with Gasteiger partial charge < -0.3 is 0 Å². The SMILES string of the molecule is CCc1nn2c(nnc3c(=O)n(NC(=O)c4ccc(Cl)cc4Cl)ccc32)c1-c1ccc(F)cc1. The average Bonchev–Trinajstić information content (AvgIpc) is 3.20. The Labute approximate surface area is 201 Å². The number of nitrogens with zero attached hydrogens (tertiary/aromatic N) is 5. The quantitative estimate of drug-likeness (QED) is 0.395. The molecule has 3 aromatic heterocycles. The number of halogens is 3. The Morgan fingerprint density at radius 2 is 1.85 bits per heavy atom. The summed E-state index contributed by atoms with van der Waals surface area (Å²) in [6.07, 6.45) is 1.99. The van der Waals surface area contributed by atoms with Crippen molar-refractivity contribution in [3.8, 4) is 11.1 Å². The van der Waals surface area contributed by atoms with Crippen LogP contribution in [-0.2, 0) is 6.42 Å². The Bertz CT molecular complexity index is 1650. The summed E-state index contributed by atoms with van der Waals surface area (Å²) in [6.45, 7) is 1.94. The second-order valence-corrected chi connectivity index (χ2v) is 8.25. The molecule has 8 nitrogen and oxygen atoms in total. The van der Waals surface area contributed by atoms with Gasteiger partial charge in [-0.15, -0.1) is 10.2 Å². The summed E-state index contributed by atoms with van der Waals surface area (Å²) in [5, 5.41) is 13.5. The van der Waals surface area contributed by atoms with Gasteiger partial charge >= 0.3 is 0 Å². The Morgan fingerprint density at radius 3 is 2.56 bits per heavy atom. The number of benzene rings is 2. The van der Waals surface area contributed by atoms with Crippen molar-refractivity contribution >= 4 is 45.8 Å². The number of rotatable bonds is 4. The molecule has 0 aliphatic heterocycles. The van der Waals surface area contributed by atoms with Gasteiger partial charge in [0.2, 0.25) is 0 Å². The second kappa shape index (κ2) is 8.51. The molecule has 0 saturated heterocycles. The number of aryl methyl sites for hydroxylation is 1. The first-order valence-electron chi connectivity index (χ1n) is 10.2. The van der Waals surface area contributed by atoms with Crippen LogP contribution < -0.4 is 11.0 Å². The molecule has 1 amide bonds. The van der Waals surface area contributed by atoms with Gasteiger partial charge in [0.25, 0.3) is 11.5 Å². The van der Waals surface area contributed by atoms with Crippen LogP contribution in [-0.4, -0.2) is 30.4 Å². The Hall–Kier alpha value is -3.82. The second-order valence-electron chi connectivity index (χ2n) is 7.41. The van der Waals surface area contributed by atoms with E-state index in [2.05, 4.69) is 20.7 Å². The van der Waals surface area contributed by atoms with Gasteiger partial charge in [-0.25, -0.2) is 13.6 Å². The van der Waals surface area contributed by atoms with Crippen LogP contribution in [0.25, 0.3) is 27.8 Å². The molecule has 2 aromatic carbocycles. The molecule has 11 heteroatoms. The summed E-state index contributed by atoms with van der Waals surface area (Å²) in [6, 6.07) is 12.0. The van der Waals surface area contributed by atoms with Gasteiger partial charge in [0.1, 0.15) is 11.3 Å². The number of pyridine rings is 1. The van der Waals surface area contributed by atoms with Crippen LogP contribution in [0.5, 0.6) is 0 Å².